The van der Waals surface area contributed by atoms with Crippen molar-refractivity contribution < 1.29 is 4.79 Å². The van der Waals surface area contributed by atoms with Crippen LogP contribution in [-0.2, 0) is 4.79 Å². The molecule has 0 aliphatic carbocycles. The number of hydrogen-bond donors (Lipinski definition) is 1. The fraction of sp³-hybridized carbons (Fsp3) is 0.750. The second kappa shape index (κ2) is 5.95. The van der Waals surface area contributed by atoms with Gasteiger partial charge in [-0.25, -0.2) is 0 Å². The van der Waals surface area contributed by atoms with Gasteiger partial charge in [-0.3, -0.25) is 4.79 Å². The first-order valence-corrected chi connectivity index (χ1v) is 3.20. The van der Waals surface area contributed by atoms with Crippen LogP contribution in [0.2, 0.25) is 0 Å². The van der Waals surface area contributed by atoms with Crippen molar-refractivity contribution in [2.75, 3.05) is 11.9 Å². The molecule has 0 bridgehead atoms. The van der Waals surface area contributed by atoms with Gasteiger partial charge in [0.1, 0.15) is 0 Å². The van der Waals surface area contributed by atoms with Crippen LogP contribution in [0.3, 0.4) is 0 Å². The van der Waals surface area contributed by atoms with Crippen LogP contribution in [0.1, 0.15) is 6.42 Å². The van der Waals surface area contributed by atoms with E-state index in [0.29, 0.717) is 0 Å². The average Bonchev–Trinajstić information content (AvgIpc) is 1.69. The van der Waals surface area contributed by atoms with Crippen LogP contribution >= 0.6 is 15.9 Å². The second-order valence-corrected chi connectivity index (χ2v) is 1.86. The van der Waals surface area contributed by atoms with Crippen molar-refractivity contribution in [1.29, 1.82) is 0 Å². The number of rotatable bonds is 4. The van der Waals surface area contributed by atoms with Crippen LogP contribution in [0.15, 0.2) is 0 Å². The van der Waals surface area contributed by atoms with Crippen molar-refractivity contribution in [3.8, 4) is 0 Å². The molecule has 0 saturated heterocycles. The summed E-state index contributed by atoms with van der Waals surface area (Å²) in [5, 5.41) is 3.35. The van der Waals surface area contributed by atoms with Gasteiger partial charge in [-0.2, -0.15) is 0 Å². The Kier molecular flexibility index (Phi) is 5.91. The van der Waals surface area contributed by atoms with Crippen molar-refractivity contribution in [3.63, 3.8) is 0 Å². The highest BCUT2D eigenvalue weighted by atomic mass is 79.9. The summed E-state index contributed by atoms with van der Waals surface area (Å²) in [6.07, 6.45) is 2.55. The normalized spacial score (nSPS) is 8.14. The van der Waals surface area contributed by atoms with Gasteiger partial charge in [0, 0.05) is 11.9 Å². The topological polar surface area (TPSA) is 29.1 Å². The standard InChI is InChI=1S/C4H7BrNO/c5-2-1-3-6-4-7/h1-3H2,(H,6,7). The summed E-state index contributed by atoms with van der Waals surface area (Å²) in [6, 6.07) is 0. The highest BCUT2D eigenvalue weighted by molar-refractivity contribution is 9.09. The van der Waals surface area contributed by atoms with Crippen molar-refractivity contribution in [2.45, 2.75) is 6.42 Å². The van der Waals surface area contributed by atoms with Crippen molar-refractivity contribution in [3.05, 3.63) is 0 Å². The minimum atomic E-state index is 0.717. The predicted octanol–water partition coefficient (Wildman–Crippen LogP) is 0.428. The average molecular weight is 165 g/mol. The van der Waals surface area contributed by atoms with E-state index in [2.05, 4.69) is 21.2 Å². The summed E-state index contributed by atoms with van der Waals surface area (Å²) in [7, 11) is 0. The lowest BCUT2D eigenvalue weighted by Gasteiger charge is -1.88. The molecular formula is C4H7BrNO. The van der Waals surface area contributed by atoms with Gasteiger partial charge in [0.15, 0.2) is 0 Å². The first-order chi connectivity index (χ1) is 3.41. The van der Waals surface area contributed by atoms with E-state index in [1.807, 2.05) is 0 Å². The molecule has 1 N–H and O–H groups in total. The molecule has 41 valence electrons. The number of nitrogens with one attached hydrogen (secondary N) is 1. The zero-order valence-corrected chi connectivity index (χ0v) is 5.49. The van der Waals surface area contributed by atoms with Crippen molar-refractivity contribution in [2.24, 2.45) is 0 Å². The highest BCUT2D eigenvalue weighted by Gasteiger charge is 1.78. The zero-order valence-electron chi connectivity index (χ0n) is 3.91. The third-order valence-electron chi connectivity index (χ3n) is 0.508. The molecule has 2 nitrogen and oxygen atoms in total. The summed E-state index contributed by atoms with van der Waals surface area (Å²) in [5.41, 5.74) is 0. The van der Waals surface area contributed by atoms with Crippen molar-refractivity contribution in [1.82, 2.24) is 5.32 Å². The number of hydrogen-bond acceptors (Lipinski definition) is 1. The molecule has 0 unspecified atom stereocenters. The minimum absolute atomic E-state index is 0.717. The smallest absolute Gasteiger partial charge is 0.309 e. The Morgan fingerprint density at radius 2 is 2.43 bits per heavy atom. The Bertz CT molecular complexity index is 49.0. The second-order valence-electron chi connectivity index (χ2n) is 1.07. The van der Waals surface area contributed by atoms with Gasteiger partial charge >= 0.3 is 6.41 Å². The molecule has 0 fully saturated rings. The first-order valence-electron chi connectivity index (χ1n) is 2.07. The summed E-state index contributed by atoms with van der Waals surface area (Å²) in [6.45, 7) is 0.717. The number of amides is 1. The maximum atomic E-state index is 9.43. The molecule has 0 rings (SSSR count). The molecule has 0 aromatic carbocycles. The number of halogens is 1. The predicted molar refractivity (Wildman–Crippen MR) is 32.1 cm³/mol. The molecule has 0 heterocycles. The first kappa shape index (κ1) is 6.95. The molecular weight excluding hydrogens is 158 g/mol. The molecule has 1 amide bonds. The van der Waals surface area contributed by atoms with Gasteiger partial charge in [0.2, 0.25) is 0 Å². The Balaban J connectivity index is 2.56. The number of carbonyl (C=O) groups excluding carboxylic acids is 1. The van der Waals surface area contributed by atoms with E-state index in [1.165, 1.54) is 0 Å². The van der Waals surface area contributed by atoms with E-state index in [1.54, 1.807) is 6.41 Å². The molecule has 0 spiro atoms. The highest BCUT2D eigenvalue weighted by Crippen LogP contribution is 1.82. The van der Waals surface area contributed by atoms with Crippen LogP contribution in [0.5, 0.6) is 0 Å². The van der Waals surface area contributed by atoms with Gasteiger partial charge < -0.3 is 5.32 Å². The lowest BCUT2D eigenvalue weighted by atomic mass is 10.5. The fourth-order valence-electron chi connectivity index (χ4n) is 0.206. The van der Waals surface area contributed by atoms with Gasteiger partial charge in [-0.05, 0) is 6.42 Å². The SMILES string of the molecule is O=[C]NCCCBr. The Hall–Kier alpha value is -0.0500. The molecule has 7 heavy (non-hydrogen) atoms. The molecule has 0 aliphatic heterocycles. The summed E-state index contributed by atoms with van der Waals surface area (Å²) in [4.78, 5) is 9.43. The Morgan fingerprint density at radius 1 is 1.71 bits per heavy atom. The van der Waals surface area contributed by atoms with Crippen molar-refractivity contribution >= 4 is 22.3 Å². The molecule has 0 aromatic heterocycles. The molecule has 0 aliphatic rings. The van der Waals surface area contributed by atoms with E-state index in [9.17, 15) is 4.79 Å². The van der Waals surface area contributed by atoms with Crippen LogP contribution in [-0.4, -0.2) is 18.3 Å². The van der Waals surface area contributed by atoms with Gasteiger partial charge in [-0.1, -0.05) is 15.9 Å². The fourth-order valence-corrected chi connectivity index (χ4v) is 0.487. The molecule has 1 radical (unpaired) electrons. The van der Waals surface area contributed by atoms with E-state index in [4.69, 9.17) is 0 Å². The van der Waals surface area contributed by atoms with E-state index >= 15 is 0 Å². The summed E-state index contributed by atoms with van der Waals surface area (Å²) in [5.74, 6) is 0. The summed E-state index contributed by atoms with van der Waals surface area (Å²) >= 11 is 3.21. The van der Waals surface area contributed by atoms with Gasteiger partial charge in [0.25, 0.3) is 0 Å². The molecule has 0 saturated carbocycles. The van der Waals surface area contributed by atoms with Crippen LogP contribution in [0.25, 0.3) is 0 Å². The third kappa shape index (κ3) is 5.95. The maximum absolute atomic E-state index is 9.43. The maximum Gasteiger partial charge on any atom is 0.309 e. The lowest BCUT2D eigenvalue weighted by Crippen LogP contribution is -2.11. The van der Waals surface area contributed by atoms with Crippen LogP contribution in [0.4, 0.5) is 0 Å². The third-order valence-corrected chi connectivity index (χ3v) is 1.07. The summed E-state index contributed by atoms with van der Waals surface area (Å²) < 4.78 is 0. The Labute approximate surface area is 51.4 Å². The minimum Gasteiger partial charge on any atom is -0.348 e. The lowest BCUT2D eigenvalue weighted by molar-refractivity contribution is 0.542. The largest absolute Gasteiger partial charge is 0.348 e. The van der Waals surface area contributed by atoms with Crippen LogP contribution in [0, 0.1) is 0 Å². The van der Waals surface area contributed by atoms with Gasteiger partial charge in [-0.15, -0.1) is 0 Å². The quantitative estimate of drug-likeness (QED) is 0.365. The monoisotopic (exact) mass is 164 g/mol. The van der Waals surface area contributed by atoms with E-state index < -0.39 is 0 Å². The molecule has 0 aromatic rings. The Morgan fingerprint density at radius 3 is 2.86 bits per heavy atom. The molecule has 3 heteroatoms. The number of alkyl halides is 1. The van der Waals surface area contributed by atoms with E-state index in [0.717, 1.165) is 18.3 Å². The zero-order chi connectivity index (χ0) is 5.54. The van der Waals surface area contributed by atoms with Crippen LogP contribution < -0.4 is 5.32 Å². The van der Waals surface area contributed by atoms with E-state index in [-0.39, 0.29) is 0 Å². The molecule has 0 atom stereocenters. The van der Waals surface area contributed by atoms with Gasteiger partial charge in [0.05, 0.1) is 0 Å².